The zero-order valence-corrected chi connectivity index (χ0v) is 7.05. The molecule has 0 bridgehead atoms. The fourth-order valence-corrected chi connectivity index (χ4v) is 1.01. The second-order valence-electron chi connectivity index (χ2n) is 2.60. The Kier molecular flexibility index (Phi) is 1.66. The van der Waals surface area contributed by atoms with Crippen LogP contribution in [0.1, 0.15) is 0 Å². The lowest BCUT2D eigenvalue weighted by Crippen LogP contribution is -1.97. The van der Waals surface area contributed by atoms with Gasteiger partial charge in [-0.2, -0.15) is 10.2 Å². The molecule has 66 valence electrons. The average Bonchev–Trinajstić information content (AvgIpc) is 2.52. The van der Waals surface area contributed by atoms with E-state index in [1.807, 2.05) is 13.2 Å². The molecule has 0 amide bonds. The van der Waals surface area contributed by atoms with Crippen molar-refractivity contribution in [2.24, 2.45) is 7.05 Å². The Morgan fingerprint density at radius 1 is 1.38 bits per heavy atom. The number of nitrogen functional groups attached to an aromatic ring is 1. The summed E-state index contributed by atoms with van der Waals surface area (Å²) in [5, 5.41) is 11.3. The Bertz CT molecular complexity index is 420. The fourth-order valence-electron chi connectivity index (χ4n) is 1.01. The standard InChI is InChI=1S/C7H8N6/c1-13-4-5(2-10-13)6-3-9-12-7(8)11-6/h2-4H,1H3,(H2,8,11,12). The monoisotopic (exact) mass is 176 g/mol. The molecule has 6 heteroatoms. The first-order valence-corrected chi connectivity index (χ1v) is 3.70. The van der Waals surface area contributed by atoms with Gasteiger partial charge in [-0.05, 0) is 0 Å². The van der Waals surface area contributed by atoms with Crippen molar-refractivity contribution >= 4 is 5.95 Å². The first-order chi connectivity index (χ1) is 6.25. The molecule has 0 aromatic carbocycles. The lowest BCUT2D eigenvalue weighted by molar-refractivity contribution is 0.768. The van der Waals surface area contributed by atoms with Crippen molar-refractivity contribution in [3.05, 3.63) is 18.6 Å². The molecule has 0 unspecified atom stereocenters. The van der Waals surface area contributed by atoms with Gasteiger partial charge in [0.1, 0.15) is 0 Å². The SMILES string of the molecule is Cn1cc(-c2cnnc(N)n2)cn1. The number of hydrogen-bond donors (Lipinski definition) is 1. The van der Waals surface area contributed by atoms with Crippen LogP contribution in [0.4, 0.5) is 5.95 Å². The Morgan fingerprint density at radius 3 is 2.85 bits per heavy atom. The molecule has 13 heavy (non-hydrogen) atoms. The van der Waals surface area contributed by atoms with E-state index in [1.54, 1.807) is 17.1 Å². The van der Waals surface area contributed by atoms with E-state index in [1.165, 1.54) is 0 Å². The predicted molar refractivity (Wildman–Crippen MR) is 46.4 cm³/mol. The number of aromatic nitrogens is 5. The molecule has 6 nitrogen and oxygen atoms in total. The van der Waals surface area contributed by atoms with Gasteiger partial charge in [-0.15, -0.1) is 5.10 Å². The molecule has 0 saturated carbocycles. The average molecular weight is 176 g/mol. The van der Waals surface area contributed by atoms with Crippen LogP contribution < -0.4 is 5.73 Å². The van der Waals surface area contributed by atoms with Gasteiger partial charge < -0.3 is 5.73 Å². The van der Waals surface area contributed by atoms with Crippen molar-refractivity contribution in [3.63, 3.8) is 0 Å². The molecule has 0 fully saturated rings. The van der Waals surface area contributed by atoms with E-state index in [0.29, 0.717) is 5.69 Å². The largest absolute Gasteiger partial charge is 0.366 e. The van der Waals surface area contributed by atoms with Crippen LogP contribution in [0.2, 0.25) is 0 Å². The quantitative estimate of drug-likeness (QED) is 0.653. The van der Waals surface area contributed by atoms with Crippen LogP contribution in [0.25, 0.3) is 11.3 Å². The summed E-state index contributed by atoms with van der Waals surface area (Å²) in [6.07, 6.45) is 5.08. The summed E-state index contributed by atoms with van der Waals surface area (Å²) >= 11 is 0. The highest BCUT2D eigenvalue weighted by Gasteiger charge is 2.02. The van der Waals surface area contributed by atoms with Gasteiger partial charge in [-0.25, -0.2) is 4.98 Å². The van der Waals surface area contributed by atoms with Crippen molar-refractivity contribution in [1.29, 1.82) is 0 Å². The molecule has 0 spiro atoms. The van der Waals surface area contributed by atoms with Gasteiger partial charge in [0.15, 0.2) is 0 Å². The molecular formula is C7H8N6. The number of nitrogens with zero attached hydrogens (tertiary/aromatic N) is 5. The number of hydrogen-bond acceptors (Lipinski definition) is 5. The molecule has 2 N–H and O–H groups in total. The molecule has 2 aromatic heterocycles. The van der Waals surface area contributed by atoms with Crippen LogP contribution in [0, 0.1) is 0 Å². The van der Waals surface area contributed by atoms with E-state index >= 15 is 0 Å². The highest BCUT2D eigenvalue weighted by Crippen LogP contribution is 2.13. The highest BCUT2D eigenvalue weighted by molar-refractivity contribution is 5.56. The zero-order valence-electron chi connectivity index (χ0n) is 7.05. The molecule has 0 radical (unpaired) electrons. The number of anilines is 1. The number of rotatable bonds is 1. The minimum absolute atomic E-state index is 0.168. The third kappa shape index (κ3) is 1.46. The third-order valence-corrected chi connectivity index (χ3v) is 1.58. The summed E-state index contributed by atoms with van der Waals surface area (Å²) in [4.78, 5) is 4.01. The van der Waals surface area contributed by atoms with Crippen molar-refractivity contribution in [3.8, 4) is 11.3 Å². The minimum atomic E-state index is 0.168. The van der Waals surface area contributed by atoms with Gasteiger partial charge in [0.25, 0.3) is 0 Å². The molecule has 0 aliphatic carbocycles. The molecule has 0 saturated heterocycles. The smallest absolute Gasteiger partial charge is 0.240 e. The van der Waals surface area contributed by atoms with E-state index in [4.69, 9.17) is 5.73 Å². The number of nitrogens with two attached hydrogens (primary N) is 1. The molecule has 2 aromatic rings. The molecule has 2 heterocycles. The maximum absolute atomic E-state index is 5.39. The van der Waals surface area contributed by atoms with Gasteiger partial charge in [0.2, 0.25) is 5.95 Å². The Hall–Kier alpha value is -1.98. The molecular weight excluding hydrogens is 168 g/mol. The van der Waals surface area contributed by atoms with E-state index < -0.39 is 0 Å². The van der Waals surface area contributed by atoms with Crippen LogP contribution in [0.3, 0.4) is 0 Å². The molecule has 0 aliphatic heterocycles. The van der Waals surface area contributed by atoms with Crippen LogP contribution in [-0.2, 0) is 7.05 Å². The maximum atomic E-state index is 5.39. The summed E-state index contributed by atoms with van der Waals surface area (Å²) in [7, 11) is 1.83. The summed E-state index contributed by atoms with van der Waals surface area (Å²) in [6, 6.07) is 0. The van der Waals surface area contributed by atoms with Gasteiger partial charge >= 0.3 is 0 Å². The lowest BCUT2D eigenvalue weighted by Gasteiger charge is -1.94. The minimum Gasteiger partial charge on any atom is -0.366 e. The van der Waals surface area contributed by atoms with Crippen LogP contribution in [-0.4, -0.2) is 25.0 Å². The van der Waals surface area contributed by atoms with Crippen molar-refractivity contribution in [2.75, 3.05) is 5.73 Å². The van der Waals surface area contributed by atoms with Gasteiger partial charge in [0.05, 0.1) is 18.1 Å². The Morgan fingerprint density at radius 2 is 2.23 bits per heavy atom. The Balaban J connectivity index is 2.46. The second kappa shape index (κ2) is 2.81. The normalized spacial score (nSPS) is 10.2. The van der Waals surface area contributed by atoms with E-state index in [2.05, 4.69) is 20.3 Å². The lowest BCUT2D eigenvalue weighted by atomic mass is 10.3. The first kappa shape index (κ1) is 7.66. The summed E-state index contributed by atoms with van der Waals surface area (Å²) in [5.74, 6) is 0.168. The van der Waals surface area contributed by atoms with Crippen LogP contribution in [0.5, 0.6) is 0 Å². The molecule has 2 rings (SSSR count). The van der Waals surface area contributed by atoms with Crippen molar-refractivity contribution < 1.29 is 0 Å². The molecule has 0 atom stereocenters. The van der Waals surface area contributed by atoms with Crippen molar-refractivity contribution in [2.45, 2.75) is 0 Å². The summed E-state index contributed by atoms with van der Waals surface area (Å²) in [5.41, 5.74) is 6.95. The van der Waals surface area contributed by atoms with E-state index in [0.717, 1.165) is 5.56 Å². The third-order valence-electron chi connectivity index (χ3n) is 1.58. The highest BCUT2D eigenvalue weighted by atomic mass is 15.2. The van der Waals surface area contributed by atoms with Gasteiger partial charge in [-0.1, -0.05) is 0 Å². The van der Waals surface area contributed by atoms with Gasteiger partial charge in [0, 0.05) is 18.8 Å². The van der Waals surface area contributed by atoms with Crippen LogP contribution in [0.15, 0.2) is 18.6 Å². The van der Waals surface area contributed by atoms with E-state index in [-0.39, 0.29) is 5.95 Å². The summed E-state index contributed by atoms with van der Waals surface area (Å²) in [6.45, 7) is 0. The second-order valence-corrected chi connectivity index (χ2v) is 2.60. The zero-order chi connectivity index (χ0) is 9.26. The van der Waals surface area contributed by atoms with Crippen LogP contribution >= 0.6 is 0 Å². The van der Waals surface area contributed by atoms with Gasteiger partial charge in [-0.3, -0.25) is 4.68 Å². The Labute approximate surface area is 74.4 Å². The topological polar surface area (TPSA) is 82.5 Å². The van der Waals surface area contributed by atoms with Crippen molar-refractivity contribution in [1.82, 2.24) is 25.0 Å². The van der Waals surface area contributed by atoms with E-state index in [9.17, 15) is 0 Å². The predicted octanol–water partition coefficient (Wildman–Crippen LogP) is -0.146. The maximum Gasteiger partial charge on any atom is 0.240 e. The molecule has 0 aliphatic rings. The fraction of sp³-hybridized carbons (Fsp3) is 0.143. The first-order valence-electron chi connectivity index (χ1n) is 3.70. The summed E-state index contributed by atoms with van der Waals surface area (Å²) < 4.78 is 1.69. The number of aryl methyl sites for hydroxylation is 1.